The normalized spacial score (nSPS) is 11.4. The summed E-state index contributed by atoms with van der Waals surface area (Å²) in [5.41, 5.74) is 1.31. The van der Waals surface area contributed by atoms with Crippen molar-refractivity contribution in [3.05, 3.63) is 35.7 Å². The molecule has 0 fully saturated rings. The van der Waals surface area contributed by atoms with E-state index in [1.54, 1.807) is 28.9 Å². The van der Waals surface area contributed by atoms with E-state index in [2.05, 4.69) is 20.1 Å². The Morgan fingerprint density at radius 3 is 2.39 bits per heavy atom. The molecule has 0 atom stereocenters. The SMILES string of the molecule is Cc1nc(-c2ccc(C(=O)NCCNS(C)(=O)=O)cc2)nn1C. The Hall–Kier alpha value is -2.26. The number of nitrogens with one attached hydrogen (secondary N) is 2. The molecule has 1 amide bonds. The lowest BCUT2D eigenvalue weighted by Crippen LogP contribution is -2.34. The van der Waals surface area contributed by atoms with E-state index >= 15 is 0 Å². The third-order valence-corrected chi connectivity index (χ3v) is 3.89. The van der Waals surface area contributed by atoms with E-state index < -0.39 is 10.0 Å². The number of hydrogen-bond acceptors (Lipinski definition) is 5. The molecule has 2 N–H and O–H groups in total. The molecule has 0 saturated heterocycles. The average Bonchev–Trinajstić information content (AvgIpc) is 2.82. The van der Waals surface area contributed by atoms with Crippen molar-refractivity contribution in [2.45, 2.75) is 6.92 Å². The first-order valence-electron chi connectivity index (χ1n) is 6.97. The van der Waals surface area contributed by atoms with E-state index in [1.807, 2.05) is 14.0 Å². The maximum absolute atomic E-state index is 12.0. The molecule has 23 heavy (non-hydrogen) atoms. The lowest BCUT2D eigenvalue weighted by Gasteiger charge is -2.06. The summed E-state index contributed by atoms with van der Waals surface area (Å²) in [6, 6.07) is 6.91. The molecule has 0 spiro atoms. The molecule has 2 rings (SSSR count). The Morgan fingerprint density at radius 2 is 1.87 bits per heavy atom. The van der Waals surface area contributed by atoms with Crippen molar-refractivity contribution in [2.75, 3.05) is 19.3 Å². The van der Waals surface area contributed by atoms with Gasteiger partial charge in [-0.3, -0.25) is 9.48 Å². The minimum absolute atomic E-state index is 0.153. The van der Waals surface area contributed by atoms with Crippen molar-refractivity contribution < 1.29 is 13.2 Å². The molecular formula is C14H19N5O3S. The fourth-order valence-corrected chi connectivity index (χ4v) is 2.34. The third kappa shape index (κ3) is 4.86. The zero-order valence-corrected chi connectivity index (χ0v) is 14.0. The number of sulfonamides is 1. The standard InChI is InChI=1S/C14H19N5O3S/c1-10-17-13(18-19(10)2)11-4-6-12(7-5-11)14(20)15-8-9-16-23(3,21)22/h4-7,16H,8-9H2,1-3H3,(H,15,20). The molecule has 0 aliphatic carbocycles. The predicted molar refractivity (Wildman–Crippen MR) is 86.4 cm³/mol. The molecule has 0 saturated carbocycles. The van der Waals surface area contributed by atoms with Gasteiger partial charge >= 0.3 is 0 Å². The van der Waals surface area contributed by atoms with Crippen LogP contribution in [0.2, 0.25) is 0 Å². The van der Waals surface area contributed by atoms with Crippen LogP contribution in [-0.4, -0.2) is 48.4 Å². The van der Waals surface area contributed by atoms with Gasteiger partial charge in [-0.25, -0.2) is 18.1 Å². The van der Waals surface area contributed by atoms with Crippen molar-refractivity contribution in [3.8, 4) is 11.4 Å². The first-order chi connectivity index (χ1) is 10.8. The van der Waals surface area contributed by atoms with E-state index in [-0.39, 0.29) is 19.0 Å². The summed E-state index contributed by atoms with van der Waals surface area (Å²) in [4.78, 5) is 16.3. The second-order valence-corrected chi connectivity index (χ2v) is 6.94. The Balaban J connectivity index is 1.95. The quantitative estimate of drug-likeness (QED) is 0.726. The van der Waals surface area contributed by atoms with Gasteiger partial charge in [0.1, 0.15) is 5.82 Å². The Morgan fingerprint density at radius 1 is 1.22 bits per heavy atom. The van der Waals surface area contributed by atoms with Crippen LogP contribution >= 0.6 is 0 Å². The van der Waals surface area contributed by atoms with Gasteiger partial charge in [-0.2, -0.15) is 5.10 Å². The van der Waals surface area contributed by atoms with Crippen molar-refractivity contribution in [3.63, 3.8) is 0 Å². The Bertz CT molecular complexity index is 777. The number of carbonyl (C=O) groups excluding carboxylic acids is 1. The van der Waals surface area contributed by atoms with Crippen LogP contribution in [-0.2, 0) is 17.1 Å². The van der Waals surface area contributed by atoms with Crippen LogP contribution < -0.4 is 10.0 Å². The minimum Gasteiger partial charge on any atom is -0.351 e. The number of benzene rings is 1. The molecule has 1 heterocycles. The zero-order chi connectivity index (χ0) is 17.0. The van der Waals surface area contributed by atoms with Crippen molar-refractivity contribution in [1.82, 2.24) is 24.8 Å². The molecule has 0 aliphatic rings. The highest BCUT2D eigenvalue weighted by atomic mass is 32.2. The zero-order valence-electron chi connectivity index (χ0n) is 13.2. The Labute approximate surface area is 135 Å². The van der Waals surface area contributed by atoms with Crippen molar-refractivity contribution in [2.24, 2.45) is 7.05 Å². The fourth-order valence-electron chi connectivity index (χ4n) is 1.87. The van der Waals surface area contributed by atoms with Gasteiger partial charge < -0.3 is 5.32 Å². The second-order valence-electron chi connectivity index (χ2n) is 5.11. The molecule has 124 valence electrons. The summed E-state index contributed by atoms with van der Waals surface area (Å²) in [6.45, 7) is 2.23. The van der Waals surface area contributed by atoms with Gasteiger partial charge in [0, 0.05) is 31.3 Å². The predicted octanol–water partition coefficient (Wildman–Crippen LogP) is 0.0695. The molecule has 2 aromatic rings. The maximum atomic E-state index is 12.0. The van der Waals surface area contributed by atoms with Crippen LogP contribution in [0, 0.1) is 6.92 Å². The number of aromatic nitrogens is 3. The Kier molecular flexibility index (Phi) is 5.12. The van der Waals surface area contributed by atoms with E-state index in [0.29, 0.717) is 11.4 Å². The molecule has 8 nitrogen and oxygen atoms in total. The summed E-state index contributed by atoms with van der Waals surface area (Å²) in [7, 11) is -1.42. The summed E-state index contributed by atoms with van der Waals surface area (Å²) in [6.07, 6.45) is 1.07. The van der Waals surface area contributed by atoms with Crippen LogP contribution in [0.1, 0.15) is 16.2 Å². The average molecular weight is 337 g/mol. The lowest BCUT2D eigenvalue weighted by atomic mass is 10.1. The fraction of sp³-hybridized carbons (Fsp3) is 0.357. The molecular weight excluding hydrogens is 318 g/mol. The monoisotopic (exact) mass is 337 g/mol. The lowest BCUT2D eigenvalue weighted by molar-refractivity contribution is 0.0954. The second kappa shape index (κ2) is 6.88. The van der Waals surface area contributed by atoms with Gasteiger partial charge in [0.05, 0.1) is 6.26 Å². The van der Waals surface area contributed by atoms with Gasteiger partial charge in [0.25, 0.3) is 5.91 Å². The van der Waals surface area contributed by atoms with Crippen LogP contribution in [0.25, 0.3) is 11.4 Å². The molecule has 0 radical (unpaired) electrons. The first kappa shape index (κ1) is 17.1. The van der Waals surface area contributed by atoms with Crippen LogP contribution in [0.4, 0.5) is 0 Å². The van der Waals surface area contributed by atoms with Gasteiger partial charge in [0.15, 0.2) is 5.82 Å². The third-order valence-electron chi connectivity index (χ3n) is 3.16. The van der Waals surface area contributed by atoms with Gasteiger partial charge in [-0.15, -0.1) is 0 Å². The highest BCUT2D eigenvalue weighted by molar-refractivity contribution is 7.88. The largest absolute Gasteiger partial charge is 0.351 e. The van der Waals surface area contributed by atoms with E-state index in [4.69, 9.17) is 0 Å². The first-order valence-corrected chi connectivity index (χ1v) is 8.86. The smallest absolute Gasteiger partial charge is 0.251 e. The molecule has 1 aromatic heterocycles. The van der Waals surface area contributed by atoms with Gasteiger partial charge in [-0.1, -0.05) is 12.1 Å². The van der Waals surface area contributed by atoms with E-state index in [1.165, 1.54) is 0 Å². The maximum Gasteiger partial charge on any atom is 0.251 e. The van der Waals surface area contributed by atoms with Crippen molar-refractivity contribution >= 4 is 15.9 Å². The summed E-state index contributed by atoms with van der Waals surface area (Å²) >= 11 is 0. The molecule has 9 heteroatoms. The summed E-state index contributed by atoms with van der Waals surface area (Å²) < 4.78 is 25.8. The number of aryl methyl sites for hydroxylation is 2. The van der Waals surface area contributed by atoms with Crippen LogP contribution in [0.5, 0.6) is 0 Å². The van der Waals surface area contributed by atoms with Crippen LogP contribution in [0.15, 0.2) is 24.3 Å². The van der Waals surface area contributed by atoms with Gasteiger partial charge in [0.2, 0.25) is 10.0 Å². The number of rotatable bonds is 6. The number of carbonyl (C=O) groups is 1. The highest BCUT2D eigenvalue weighted by Crippen LogP contribution is 2.16. The van der Waals surface area contributed by atoms with E-state index in [0.717, 1.165) is 17.6 Å². The summed E-state index contributed by atoms with van der Waals surface area (Å²) in [5, 5.41) is 6.92. The number of hydrogen-bond donors (Lipinski definition) is 2. The van der Waals surface area contributed by atoms with Gasteiger partial charge in [-0.05, 0) is 19.1 Å². The summed E-state index contributed by atoms with van der Waals surface area (Å²) in [5.74, 6) is 1.14. The number of nitrogens with zero attached hydrogens (tertiary/aromatic N) is 3. The number of amides is 1. The highest BCUT2D eigenvalue weighted by Gasteiger charge is 2.09. The van der Waals surface area contributed by atoms with Crippen molar-refractivity contribution in [1.29, 1.82) is 0 Å². The molecule has 1 aromatic carbocycles. The van der Waals surface area contributed by atoms with E-state index in [9.17, 15) is 13.2 Å². The molecule has 0 aliphatic heterocycles. The molecule has 0 unspecified atom stereocenters. The molecule has 0 bridgehead atoms. The minimum atomic E-state index is -3.24. The van der Waals surface area contributed by atoms with Crippen LogP contribution in [0.3, 0.4) is 0 Å². The topological polar surface area (TPSA) is 106 Å².